The molecule has 4 bridgehead atoms. The Morgan fingerprint density at radius 2 is 1.50 bits per heavy atom. The lowest BCUT2D eigenvalue weighted by molar-refractivity contribution is -0.484. The number of rotatable bonds is 3. The molecule has 3 saturated heterocycles. The van der Waals surface area contributed by atoms with Crippen LogP contribution in [-0.4, -0.2) is 53.3 Å². The summed E-state index contributed by atoms with van der Waals surface area (Å²) in [5.41, 5.74) is 1.02. The van der Waals surface area contributed by atoms with Gasteiger partial charge in [0.2, 0.25) is 0 Å². The summed E-state index contributed by atoms with van der Waals surface area (Å²) < 4.78 is 22.0. The van der Waals surface area contributed by atoms with Crippen molar-refractivity contribution in [2.45, 2.75) is 49.7 Å². The highest BCUT2D eigenvalue weighted by Crippen LogP contribution is 2.41. The highest BCUT2D eigenvalue weighted by molar-refractivity contribution is 5.14. The van der Waals surface area contributed by atoms with Crippen LogP contribution in [0.15, 0.2) is 30.3 Å². The van der Waals surface area contributed by atoms with Crippen molar-refractivity contribution < 1.29 is 29.2 Å². The Bertz CT molecular complexity index is 460. The van der Waals surface area contributed by atoms with Gasteiger partial charge in [-0.15, -0.1) is 0 Å². The standard InChI is InChI=1S/C14H16O6/c15-8-10-9(16)12-13(11(8)19-14(18-10)20-12)17-6-7-4-2-1-3-5-7/h1-5,8-16H,6H2/t8-,9+,10?,11+,12-,13?,14?. The minimum Gasteiger partial charge on any atom is -0.387 e. The van der Waals surface area contributed by atoms with E-state index in [9.17, 15) is 10.2 Å². The molecule has 3 heterocycles. The van der Waals surface area contributed by atoms with Crippen LogP contribution in [0.1, 0.15) is 5.56 Å². The van der Waals surface area contributed by atoms with Gasteiger partial charge < -0.3 is 29.2 Å². The minimum absolute atomic E-state index is 0.376. The van der Waals surface area contributed by atoms with E-state index in [2.05, 4.69) is 0 Å². The molecule has 6 nitrogen and oxygen atoms in total. The van der Waals surface area contributed by atoms with Gasteiger partial charge in [0.05, 0.1) is 6.61 Å². The maximum atomic E-state index is 10.1. The average Bonchev–Trinajstić information content (AvgIpc) is 2.48. The van der Waals surface area contributed by atoms with Gasteiger partial charge in [0.15, 0.2) is 0 Å². The molecule has 4 aliphatic rings. The van der Waals surface area contributed by atoms with Crippen molar-refractivity contribution in [3.8, 4) is 0 Å². The molecule has 0 radical (unpaired) electrons. The molecular weight excluding hydrogens is 264 g/mol. The molecule has 1 aliphatic carbocycles. The summed E-state index contributed by atoms with van der Waals surface area (Å²) in [6, 6.07) is 9.70. The third-order valence-electron chi connectivity index (χ3n) is 4.08. The monoisotopic (exact) mass is 280 g/mol. The molecule has 0 amide bonds. The van der Waals surface area contributed by atoms with Crippen LogP contribution < -0.4 is 0 Å². The highest BCUT2D eigenvalue weighted by Gasteiger charge is 2.61. The Morgan fingerprint density at radius 1 is 0.900 bits per heavy atom. The second-order valence-electron chi connectivity index (χ2n) is 5.33. The molecule has 108 valence electrons. The zero-order valence-electron chi connectivity index (χ0n) is 10.7. The van der Waals surface area contributed by atoms with Gasteiger partial charge in [-0.2, -0.15) is 0 Å². The van der Waals surface area contributed by atoms with Crippen molar-refractivity contribution in [1.29, 1.82) is 0 Å². The SMILES string of the molecule is O[C@@H]1C2OC3O[C@@H]1C(OCc1ccccc1)[C@H](O3)[C@H]2O. The van der Waals surface area contributed by atoms with E-state index in [1.54, 1.807) is 0 Å². The second-order valence-corrected chi connectivity index (χ2v) is 5.33. The van der Waals surface area contributed by atoms with Crippen LogP contribution >= 0.6 is 0 Å². The molecule has 4 fully saturated rings. The molecule has 20 heavy (non-hydrogen) atoms. The summed E-state index contributed by atoms with van der Waals surface area (Å²) in [5.74, 6) is 0. The molecule has 1 saturated carbocycles. The van der Waals surface area contributed by atoms with Crippen LogP contribution in [0.3, 0.4) is 0 Å². The molecule has 1 aromatic carbocycles. The fourth-order valence-electron chi connectivity index (χ4n) is 3.07. The first-order chi connectivity index (χ1) is 9.74. The van der Waals surface area contributed by atoms with E-state index in [0.717, 1.165) is 5.56 Å². The predicted octanol–water partition coefficient (Wildman–Crippen LogP) is -0.226. The number of hydrogen-bond donors (Lipinski definition) is 2. The van der Waals surface area contributed by atoms with Crippen molar-refractivity contribution in [3.05, 3.63) is 35.9 Å². The Kier molecular flexibility index (Phi) is 3.03. The fraction of sp³-hybridized carbons (Fsp3) is 0.571. The predicted molar refractivity (Wildman–Crippen MR) is 65.4 cm³/mol. The average molecular weight is 280 g/mol. The van der Waals surface area contributed by atoms with E-state index in [1.165, 1.54) is 0 Å². The molecule has 0 aromatic heterocycles. The molecule has 3 unspecified atom stereocenters. The van der Waals surface area contributed by atoms with Crippen molar-refractivity contribution in [2.75, 3.05) is 0 Å². The number of aliphatic hydroxyl groups is 2. The number of hydrogen-bond acceptors (Lipinski definition) is 6. The molecule has 6 heteroatoms. The third kappa shape index (κ3) is 1.88. The van der Waals surface area contributed by atoms with E-state index >= 15 is 0 Å². The van der Waals surface area contributed by atoms with Crippen molar-refractivity contribution in [2.24, 2.45) is 0 Å². The van der Waals surface area contributed by atoms with E-state index in [4.69, 9.17) is 18.9 Å². The summed E-state index contributed by atoms with van der Waals surface area (Å²) in [6.07, 6.45) is -4.01. The van der Waals surface area contributed by atoms with Crippen LogP contribution in [0.2, 0.25) is 0 Å². The lowest BCUT2D eigenvalue weighted by Crippen LogP contribution is -2.75. The van der Waals surface area contributed by atoms with Crippen LogP contribution in [0.25, 0.3) is 0 Å². The van der Waals surface area contributed by atoms with Crippen LogP contribution in [0.5, 0.6) is 0 Å². The Hall–Kier alpha value is -1.02. The molecule has 3 aliphatic heterocycles. The van der Waals surface area contributed by atoms with E-state index in [-0.39, 0.29) is 0 Å². The Morgan fingerprint density at radius 3 is 2.15 bits per heavy atom. The van der Waals surface area contributed by atoms with Gasteiger partial charge in [-0.05, 0) is 5.56 Å². The minimum atomic E-state index is -0.901. The maximum absolute atomic E-state index is 10.1. The first-order valence-electron chi connectivity index (χ1n) is 6.72. The largest absolute Gasteiger partial charge is 0.387 e. The second kappa shape index (κ2) is 4.77. The Labute approximate surface area is 115 Å². The van der Waals surface area contributed by atoms with Gasteiger partial charge in [-0.25, -0.2) is 0 Å². The van der Waals surface area contributed by atoms with E-state index in [1.807, 2.05) is 30.3 Å². The molecule has 1 aromatic rings. The quantitative estimate of drug-likeness (QED) is 0.796. The first-order valence-corrected chi connectivity index (χ1v) is 6.72. The van der Waals surface area contributed by atoms with Gasteiger partial charge in [0, 0.05) is 0 Å². The smallest absolute Gasteiger partial charge is 0.272 e. The van der Waals surface area contributed by atoms with Crippen molar-refractivity contribution in [3.63, 3.8) is 0 Å². The van der Waals surface area contributed by atoms with Crippen LogP contribution in [0, 0.1) is 0 Å². The topological polar surface area (TPSA) is 77.4 Å². The highest BCUT2D eigenvalue weighted by atomic mass is 16.9. The van der Waals surface area contributed by atoms with Crippen LogP contribution in [0.4, 0.5) is 0 Å². The Balaban J connectivity index is 1.50. The van der Waals surface area contributed by atoms with Crippen LogP contribution in [-0.2, 0) is 25.6 Å². The summed E-state index contributed by atoms with van der Waals surface area (Å²) in [4.78, 5) is 0. The number of ether oxygens (including phenoxy) is 4. The summed E-state index contributed by atoms with van der Waals surface area (Å²) in [7, 11) is 0. The molecule has 0 spiro atoms. The number of aliphatic hydroxyl groups excluding tert-OH is 2. The summed E-state index contributed by atoms with van der Waals surface area (Å²) >= 11 is 0. The van der Waals surface area contributed by atoms with Gasteiger partial charge in [-0.1, -0.05) is 30.3 Å². The normalized spacial score (nSPS) is 45.8. The van der Waals surface area contributed by atoms with E-state index < -0.39 is 43.1 Å². The molecule has 7 atom stereocenters. The van der Waals surface area contributed by atoms with E-state index in [0.29, 0.717) is 6.61 Å². The molecular formula is C14H16O6. The zero-order chi connectivity index (χ0) is 13.7. The number of benzene rings is 1. The summed E-state index contributed by atoms with van der Waals surface area (Å²) in [6.45, 7) is -0.431. The lowest BCUT2D eigenvalue weighted by Gasteiger charge is -2.56. The maximum Gasteiger partial charge on any atom is 0.272 e. The van der Waals surface area contributed by atoms with Gasteiger partial charge in [0.25, 0.3) is 6.48 Å². The third-order valence-corrected chi connectivity index (χ3v) is 4.08. The zero-order valence-corrected chi connectivity index (χ0v) is 10.7. The van der Waals surface area contributed by atoms with Crippen molar-refractivity contribution >= 4 is 0 Å². The summed E-state index contributed by atoms with van der Waals surface area (Å²) in [5, 5.41) is 20.2. The fourth-order valence-corrected chi connectivity index (χ4v) is 3.07. The van der Waals surface area contributed by atoms with Crippen molar-refractivity contribution in [1.82, 2.24) is 0 Å². The van der Waals surface area contributed by atoms with Gasteiger partial charge in [0.1, 0.15) is 36.6 Å². The molecule has 2 N–H and O–H groups in total. The first kappa shape index (κ1) is 12.7. The lowest BCUT2D eigenvalue weighted by atomic mass is 9.82. The molecule has 5 rings (SSSR count). The van der Waals surface area contributed by atoms with Gasteiger partial charge >= 0.3 is 0 Å². The van der Waals surface area contributed by atoms with Gasteiger partial charge in [-0.3, -0.25) is 0 Å².